The maximum absolute atomic E-state index is 12.6. The van der Waals surface area contributed by atoms with Gasteiger partial charge in [-0.05, 0) is 36.2 Å². The Balaban J connectivity index is 2.17. The number of carbonyl (C=O) groups is 3. The van der Waals surface area contributed by atoms with Gasteiger partial charge in [-0.25, -0.2) is 4.79 Å². The lowest BCUT2D eigenvalue weighted by Gasteiger charge is -2.21. The molecule has 0 aliphatic carbocycles. The van der Waals surface area contributed by atoms with Crippen molar-refractivity contribution in [3.05, 3.63) is 70.7 Å². The fraction of sp³-hybridized carbons (Fsp3) is 0.250. The molecule has 0 bridgehead atoms. The van der Waals surface area contributed by atoms with Gasteiger partial charge in [0.15, 0.2) is 0 Å². The zero-order valence-corrected chi connectivity index (χ0v) is 15.6. The number of hydrogen-bond donors (Lipinski definition) is 3. The second-order valence-electron chi connectivity index (χ2n) is 6.03. The summed E-state index contributed by atoms with van der Waals surface area (Å²) >= 11 is 5.83. The molecule has 0 spiro atoms. The Kier molecular flexibility index (Phi) is 7.37. The highest BCUT2D eigenvalue weighted by molar-refractivity contribution is 6.30. The lowest BCUT2D eigenvalue weighted by Crippen LogP contribution is -2.52. The van der Waals surface area contributed by atoms with E-state index in [1.54, 1.807) is 31.2 Å². The van der Waals surface area contributed by atoms with E-state index in [0.717, 1.165) is 5.56 Å². The van der Waals surface area contributed by atoms with Gasteiger partial charge in [-0.1, -0.05) is 48.9 Å². The molecule has 0 saturated carbocycles. The zero-order chi connectivity index (χ0) is 19.8. The number of rotatable bonds is 8. The topological polar surface area (TPSA) is 95.5 Å². The molecule has 2 aromatic carbocycles. The molecule has 3 N–H and O–H groups in total. The molecule has 0 aromatic heterocycles. The van der Waals surface area contributed by atoms with Crippen LogP contribution in [0.1, 0.15) is 29.3 Å². The molecule has 7 heteroatoms. The van der Waals surface area contributed by atoms with Crippen molar-refractivity contribution in [1.29, 1.82) is 0 Å². The van der Waals surface area contributed by atoms with Crippen LogP contribution in [-0.4, -0.2) is 35.0 Å². The van der Waals surface area contributed by atoms with Crippen LogP contribution < -0.4 is 10.6 Å². The van der Waals surface area contributed by atoms with Crippen LogP contribution in [-0.2, 0) is 16.0 Å². The van der Waals surface area contributed by atoms with Crippen LogP contribution in [0.25, 0.3) is 0 Å². The van der Waals surface area contributed by atoms with Crippen molar-refractivity contribution in [3.8, 4) is 0 Å². The third-order valence-electron chi connectivity index (χ3n) is 4.03. The first-order valence-corrected chi connectivity index (χ1v) is 8.92. The quantitative estimate of drug-likeness (QED) is 0.647. The highest BCUT2D eigenvalue weighted by Gasteiger charge is 2.26. The number of aliphatic carboxylic acids is 1. The van der Waals surface area contributed by atoms with E-state index in [-0.39, 0.29) is 12.8 Å². The molecule has 0 fully saturated rings. The van der Waals surface area contributed by atoms with Crippen LogP contribution in [0, 0.1) is 0 Å². The van der Waals surface area contributed by atoms with Crippen LogP contribution in [0.2, 0.25) is 5.02 Å². The van der Waals surface area contributed by atoms with Crippen molar-refractivity contribution in [2.24, 2.45) is 0 Å². The van der Waals surface area contributed by atoms with Gasteiger partial charge in [0.25, 0.3) is 5.91 Å². The summed E-state index contributed by atoms with van der Waals surface area (Å²) in [6, 6.07) is 13.5. The van der Waals surface area contributed by atoms with Crippen LogP contribution in [0.5, 0.6) is 0 Å². The van der Waals surface area contributed by atoms with Crippen LogP contribution in [0.15, 0.2) is 54.6 Å². The number of halogens is 1. The maximum atomic E-state index is 12.6. The number of nitrogens with one attached hydrogen (secondary N) is 2. The molecule has 2 rings (SSSR count). The fourth-order valence-corrected chi connectivity index (χ4v) is 2.64. The van der Waals surface area contributed by atoms with Crippen molar-refractivity contribution in [2.45, 2.75) is 31.8 Å². The molecular formula is C20H21ClN2O4. The number of carbonyl (C=O) groups excluding carboxylic acids is 2. The van der Waals surface area contributed by atoms with E-state index < -0.39 is 29.9 Å². The molecule has 2 aromatic rings. The average molecular weight is 389 g/mol. The molecule has 0 radical (unpaired) electrons. The summed E-state index contributed by atoms with van der Waals surface area (Å²) in [7, 11) is 0. The van der Waals surface area contributed by atoms with Crippen molar-refractivity contribution >= 4 is 29.4 Å². The Bertz CT molecular complexity index is 793. The number of benzene rings is 2. The van der Waals surface area contributed by atoms with Crippen molar-refractivity contribution in [2.75, 3.05) is 0 Å². The molecule has 2 amide bonds. The van der Waals surface area contributed by atoms with Crippen molar-refractivity contribution in [3.63, 3.8) is 0 Å². The summed E-state index contributed by atoms with van der Waals surface area (Å²) in [6.07, 6.45) is 0.478. The normalized spacial score (nSPS) is 12.7. The second-order valence-corrected chi connectivity index (χ2v) is 6.47. The standard InChI is InChI=1S/C20H21ClN2O4/c1-2-16(20(26)27)22-19(25)17(12-13-6-4-3-5-7-13)23-18(24)14-8-10-15(21)11-9-14/h3-11,16-17H,2,12H2,1H3,(H,22,25)(H,23,24)(H,26,27). The molecule has 27 heavy (non-hydrogen) atoms. The molecular weight excluding hydrogens is 368 g/mol. The predicted molar refractivity (Wildman–Crippen MR) is 103 cm³/mol. The Morgan fingerprint density at radius 1 is 0.963 bits per heavy atom. The summed E-state index contributed by atoms with van der Waals surface area (Å²) < 4.78 is 0. The van der Waals surface area contributed by atoms with Crippen LogP contribution in [0.3, 0.4) is 0 Å². The summed E-state index contributed by atoms with van der Waals surface area (Å²) in [5, 5.41) is 14.8. The molecule has 0 aliphatic heterocycles. The summed E-state index contributed by atoms with van der Waals surface area (Å²) in [6.45, 7) is 1.66. The zero-order valence-electron chi connectivity index (χ0n) is 14.8. The number of amides is 2. The summed E-state index contributed by atoms with van der Waals surface area (Å²) in [5.74, 6) is -2.10. The third-order valence-corrected chi connectivity index (χ3v) is 4.29. The van der Waals surface area contributed by atoms with E-state index in [1.165, 1.54) is 0 Å². The van der Waals surface area contributed by atoms with Gasteiger partial charge in [0, 0.05) is 17.0 Å². The lowest BCUT2D eigenvalue weighted by atomic mass is 10.0. The first-order valence-electron chi connectivity index (χ1n) is 8.54. The van der Waals surface area contributed by atoms with Gasteiger partial charge in [0.2, 0.25) is 5.91 Å². The van der Waals surface area contributed by atoms with Gasteiger partial charge >= 0.3 is 5.97 Å². The Hall–Kier alpha value is -2.86. The van der Waals surface area contributed by atoms with Crippen LogP contribution in [0.4, 0.5) is 0 Å². The van der Waals surface area contributed by atoms with E-state index in [2.05, 4.69) is 10.6 Å². The average Bonchev–Trinajstić information content (AvgIpc) is 2.66. The molecule has 0 aliphatic rings. The number of carboxylic acid groups (broad SMARTS) is 1. The highest BCUT2D eigenvalue weighted by atomic mass is 35.5. The first-order chi connectivity index (χ1) is 12.9. The van der Waals surface area contributed by atoms with Crippen molar-refractivity contribution in [1.82, 2.24) is 10.6 Å². The highest BCUT2D eigenvalue weighted by Crippen LogP contribution is 2.11. The Labute approximate surface area is 162 Å². The monoisotopic (exact) mass is 388 g/mol. The molecule has 142 valence electrons. The first kappa shape index (κ1) is 20.5. The second kappa shape index (κ2) is 9.73. The molecule has 0 heterocycles. The lowest BCUT2D eigenvalue weighted by molar-refractivity contribution is -0.142. The van der Waals surface area contributed by atoms with Gasteiger partial charge < -0.3 is 15.7 Å². The maximum Gasteiger partial charge on any atom is 0.326 e. The SMILES string of the molecule is CCC(NC(=O)C(Cc1ccccc1)NC(=O)c1ccc(Cl)cc1)C(=O)O. The van der Waals surface area contributed by atoms with E-state index in [1.807, 2.05) is 30.3 Å². The Morgan fingerprint density at radius 2 is 1.59 bits per heavy atom. The number of carboxylic acids is 1. The minimum Gasteiger partial charge on any atom is -0.480 e. The molecule has 6 nitrogen and oxygen atoms in total. The van der Waals surface area contributed by atoms with Gasteiger partial charge in [-0.2, -0.15) is 0 Å². The minimum atomic E-state index is -1.12. The Morgan fingerprint density at radius 3 is 2.15 bits per heavy atom. The molecule has 0 saturated heterocycles. The van der Waals surface area contributed by atoms with E-state index in [4.69, 9.17) is 16.7 Å². The van der Waals surface area contributed by atoms with E-state index >= 15 is 0 Å². The molecule has 2 atom stereocenters. The minimum absolute atomic E-state index is 0.238. The van der Waals surface area contributed by atoms with E-state index in [9.17, 15) is 14.4 Å². The van der Waals surface area contributed by atoms with Crippen molar-refractivity contribution < 1.29 is 19.5 Å². The molecule has 2 unspecified atom stereocenters. The van der Waals surface area contributed by atoms with Gasteiger partial charge in [0.05, 0.1) is 0 Å². The number of hydrogen-bond acceptors (Lipinski definition) is 3. The summed E-state index contributed by atoms with van der Waals surface area (Å²) in [4.78, 5) is 36.3. The van der Waals surface area contributed by atoms with Gasteiger partial charge in [0.1, 0.15) is 12.1 Å². The van der Waals surface area contributed by atoms with Gasteiger partial charge in [-0.3, -0.25) is 9.59 Å². The smallest absolute Gasteiger partial charge is 0.326 e. The third kappa shape index (κ3) is 6.11. The largest absolute Gasteiger partial charge is 0.480 e. The van der Waals surface area contributed by atoms with E-state index in [0.29, 0.717) is 10.6 Å². The van der Waals surface area contributed by atoms with Gasteiger partial charge in [-0.15, -0.1) is 0 Å². The predicted octanol–water partition coefficient (Wildman–Crippen LogP) is 2.66. The fourth-order valence-electron chi connectivity index (χ4n) is 2.51. The summed E-state index contributed by atoms with van der Waals surface area (Å²) in [5.41, 5.74) is 1.20. The van der Waals surface area contributed by atoms with Crippen LogP contribution >= 0.6 is 11.6 Å².